The fourth-order valence-corrected chi connectivity index (χ4v) is 1.86. The van der Waals surface area contributed by atoms with Gasteiger partial charge < -0.3 is 15.2 Å². The Balaban J connectivity index is 2.61. The summed E-state index contributed by atoms with van der Waals surface area (Å²) in [6.07, 6.45) is 2.47. The summed E-state index contributed by atoms with van der Waals surface area (Å²) in [4.78, 5) is 11.8. The Morgan fingerprint density at radius 2 is 2.15 bits per heavy atom. The molecule has 4 nitrogen and oxygen atoms in total. The van der Waals surface area contributed by atoms with E-state index in [9.17, 15) is 9.90 Å². The zero-order chi connectivity index (χ0) is 15.0. The summed E-state index contributed by atoms with van der Waals surface area (Å²) < 4.78 is 5.27. The van der Waals surface area contributed by atoms with E-state index in [-0.39, 0.29) is 12.0 Å². The molecule has 0 heterocycles. The lowest BCUT2D eigenvalue weighted by atomic mass is 10.1. The second kappa shape index (κ2) is 8.38. The molecule has 0 radical (unpaired) electrons. The summed E-state index contributed by atoms with van der Waals surface area (Å²) in [7, 11) is 1.61. The number of amides is 1. The fraction of sp³-hybridized carbons (Fsp3) is 0.438. The average Bonchev–Trinajstić information content (AvgIpc) is 2.46. The van der Waals surface area contributed by atoms with Crippen molar-refractivity contribution in [2.24, 2.45) is 0 Å². The van der Waals surface area contributed by atoms with Gasteiger partial charge in [-0.2, -0.15) is 0 Å². The average molecular weight is 277 g/mol. The van der Waals surface area contributed by atoms with Crippen LogP contribution in [0, 0.1) is 0 Å². The van der Waals surface area contributed by atoms with E-state index in [0.717, 1.165) is 16.9 Å². The summed E-state index contributed by atoms with van der Waals surface area (Å²) in [6.45, 7) is 4.26. The maximum Gasteiger partial charge on any atom is 0.244 e. The van der Waals surface area contributed by atoms with E-state index in [2.05, 4.69) is 5.32 Å². The Hall–Kier alpha value is -1.81. The van der Waals surface area contributed by atoms with Crippen molar-refractivity contribution in [3.63, 3.8) is 0 Å². The molecule has 1 aromatic carbocycles. The number of benzene rings is 1. The monoisotopic (exact) mass is 277 g/mol. The standard InChI is InChI=1S/C16H23NO3/c1-4-13(18)9-10-17-16(19)11-12(2)14-7-5-6-8-15(14)20-3/h5-8,11,13,18H,4,9-10H2,1-3H3,(H,17,19)/b12-11-. The topological polar surface area (TPSA) is 58.6 Å². The number of allylic oxidation sites excluding steroid dienone is 1. The summed E-state index contributed by atoms with van der Waals surface area (Å²) in [5.41, 5.74) is 1.75. The van der Waals surface area contributed by atoms with Crippen LogP contribution in [-0.2, 0) is 4.79 Å². The van der Waals surface area contributed by atoms with E-state index in [1.54, 1.807) is 13.2 Å². The molecular weight excluding hydrogens is 254 g/mol. The third kappa shape index (κ3) is 5.05. The molecule has 1 unspecified atom stereocenters. The van der Waals surface area contributed by atoms with Crippen LogP contribution >= 0.6 is 0 Å². The number of aliphatic hydroxyl groups excluding tert-OH is 1. The molecule has 1 amide bonds. The quantitative estimate of drug-likeness (QED) is 0.752. The van der Waals surface area contributed by atoms with Gasteiger partial charge in [0.15, 0.2) is 0 Å². The van der Waals surface area contributed by atoms with Crippen LogP contribution in [0.2, 0.25) is 0 Å². The lowest BCUT2D eigenvalue weighted by Crippen LogP contribution is -2.25. The highest BCUT2D eigenvalue weighted by molar-refractivity contribution is 5.95. The van der Waals surface area contributed by atoms with Gasteiger partial charge in [-0.15, -0.1) is 0 Å². The number of hydrogen-bond donors (Lipinski definition) is 2. The molecule has 0 aliphatic heterocycles. The molecule has 110 valence electrons. The van der Waals surface area contributed by atoms with Gasteiger partial charge in [0, 0.05) is 18.2 Å². The highest BCUT2D eigenvalue weighted by Gasteiger charge is 2.06. The number of hydrogen-bond acceptors (Lipinski definition) is 3. The largest absolute Gasteiger partial charge is 0.496 e. The molecule has 20 heavy (non-hydrogen) atoms. The van der Waals surface area contributed by atoms with Crippen molar-refractivity contribution in [1.29, 1.82) is 0 Å². The van der Waals surface area contributed by atoms with Gasteiger partial charge in [-0.05, 0) is 31.4 Å². The maximum atomic E-state index is 11.8. The van der Waals surface area contributed by atoms with Gasteiger partial charge >= 0.3 is 0 Å². The number of nitrogens with one attached hydrogen (secondary N) is 1. The van der Waals surface area contributed by atoms with Gasteiger partial charge in [-0.25, -0.2) is 0 Å². The molecule has 0 saturated carbocycles. The smallest absolute Gasteiger partial charge is 0.244 e. The molecule has 0 aromatic heterocycles. The highest BCUT2D eigenvalue weighted by Crippen LogP contribution is 2.24. The molecule has 0 saturated heterocycles. The molecule has 0 fully saturated rings. The van der Waals surface area contributed by atoms with Crippen LogP contribution in [0.5, 0.6) is 5.75 Å². The minimum Gasteiger partial charge on any atom is -0.496 e. The second-order valence-corrected chi connectivity index (χ2v) is 4.67. The van der Waals surface area contributed by atoms with Crippen molar-refractivity contribution in [1.82, 2.24) is 5.32 Å². The van der Waals surface area contributed by atoms with E-state index in [1.165, 1.54) is 0 Å². The molecular formula is C16H23NO3. The first kappa shape index (κ1) is 16.2. The van der Waals surface area contributed by atoms with Crippen LogP contribution in [-0.4, -0.2) is 30.8 Å². The van der Waals surface area contributed by atoms with Crippen molar-refractivity contribution in [2.45, 2.75) is 32.8 Å². The Morgan fingerprint density at radius 3 is 2.80 bits per heavy atom. The normalized spacial score (nSPS) is 12.9. The number of ether oxygens (including phenoxy) is 1. The first-order valence-electron chi connectivity index (χ1n) is 6.86. The van der Waals surface area contributed by atoms with E-state index in [0.29, 0.717) is 19.4 Å². The van der Waals surface area contributed by atoms with Crippen LogP contribution < -0.4 is 10.1 Å². The zero-order valence-electron chi connectivity index (χ0n) is 12.3. The van der Waals surface area contributed by atoms with Crippen LogP contribution in [0.3, 0.4) is 0 Å². The number of aliphatic hydroxyl groups is 1. The molecule has 0 aliphatic rings. The molecule has 1 rings (SSSR count). The van der Waals surface area contributed by atoms with Crippen molar-refractivity contribution < 1.29 is 14.6 Å². The van der Waals surface area contributed by atoms with Gasteiger partial charge in [0.1, 0.15) is 5.75 Å². The Morgan fingerprint density at radius 1 is 1.45 bits per heavy atom. The minimum atomic E-state index is -0.352. The van der Waals surface area contributed by atoms with Gasteiger partial charge in [-0.1, -0.05) is 25.1 Å². The molecule has 0 aliphatic carbocycles. The predicted octanol–water partition coefficient (Wildman–Crippen LogP) is 2.38. The summed E-state index contributed by atoms with van der Waals surface area (Å²) >= 11 is 0. The molecule has 0 spiro atoms. The third-order valence-corrected chi connectivity index (χ3v) is 3.13. The summed E-state index contributed by atoms with van der Waals surface area (Å²) in [5.74, 6) is 0.590. The molecule has 1 atom stereocenters. The van der Waals surface area contributed by atoms with Crippen molar-refractivity contribution >= 4 is 11.5 Å². The first-order valence-corrected chi connectivity index (χ1v) is 6.86. The second-order valence-electron chi connectivity index (χ2n) is 4.67. The Bertz CT molecular complexity index is 469. The number of carbonyl (C=O) groups is 1. The fourth-order valence-electron chi connectivity index (χ4n) is 1.86. The maximum absolute atomic E-state index is 11.8. The minimum absolute atomic E-state index is 0.156. The summed E-state index contributed by atoms with van der Waals surface area (Å²) in [5, 5.41) is 12.2. The predicted molar refractivity (Wildman–Crippen MR) is 80.6 cm³/mol. The molecule has 4 heteroatoms. The van der Waals surface area contributed by atoms with Crippen molar-refractivity contribution in [3.8, 4) is 5.75 Å². The van der Waals surface area contributed by atoms with Crippen molar-refractivity contribution in [2.75, 3.05) is 13.7 Å². The van der Waals surface area contributed by atoms with E-state index in [1.807, 2.05) is 38.1 Å². The zero-order valence-corrected chi connectivity index (χ0v) is 12.3. The van der Waals surface area contributed by atoms with E-state index < -0.39 is 0 Å². The lowest BCUT2D eigenvalue weighted by Gasteiger charge is -2.09. The van der Waals surface area contributed by atoms with Crippen LogP contribution in [0.15, 0.2) is 30.3 Å². The van der Waals surface area contributed by atoms with Gasteiger partial charge in [0.05, 0.1) is 13.2 Å². The molecule has 2 N–H and O–H groups in total. The SMILES string of the molecule is CCC(O)CCNC(=O)/C=C(/C)c1ccccc1OC. The van der Waals surface area contributed by atoms with Crippen LogP contribution in [0.4, 0.5) is 0 Å². The lowest BCUT2D eigenvalue weighted by molar-refractivity contribution is -0.116. The molecule has 0 bridgehead atoms. The Kier molecular flexibility index (Phi) is 6.81. The Labute approximate surface area is 120 Å². The summed E-state index contributed by atoms with van der Waals surface area (Å²) in [6, 6.07) is 7.58. The number of methoxy groups -OCH3 is 1. The number of rotatable bonds is 7. The van der Waals surface area contributed by atoms with E-state index in [4.69, 9.17) is 4.74 Å². The van der Waals surface area contributed by atoms with Crippen molar-refractivity contribution in [3.05, 3.63) is 35.9 Å². The number of carbonyl (C=O) groups excluding carboxylic acids is 1. The van der Waals surface area contributed by atoms with Crippen LogP contribution in [0.1, 0.15) is 32.3 Å². The van der Waals surface area contributed by atoms with Crippen LogP contribution in [0.25, 0.3) is 5.57 Å². The first-order chi connectivity index (χ1) is 9.58. The van der Waals surface area contributed by atoms with E-state index >= 15 is 0 Å². The third-order valence-electron chi connectivity index (χ3n) is 3.13. The highest BCUT2D eigenvalue weighted by atomic mass is 16.5. The van der Waals surface area contributed by atoms with Gasteiger partial charge in [-0.3, -0.25) is 4.79 Å². The van der Waals surface area contributed by atoms with Gasteiger partial charge in [0.25, 0.3) is 0 Å². The number of para-hydroxylation sites is 1. The molecule has 1 aromatic rings. The van der Waals surface area contributed by atoms with Gasteiger partial charge in [0.2, 0.25) is 5.91 Å².